The summed E-state index contributed by atoms with van der Waals surface area (Å²) in [5.74, 6) is -0.331. The van der Waals surface area contributed by atoms with Gasteiger partial charge >= 0.3 is 0 Å². The molecule has 1 N–H and O–H groups in total. The van der Waals surface area contributed by atoms with Crippen molar-refractivity contribution in [3.8, 4) is 17.0 Å². The predicted octanol–water partition coefficient (Wildman–Crippen LogP) is 2.42. The molecule has 3 rings (SSSR count). The quantitative estimate of drug-likeness (QED) is 0.501. The number of pyridine rings is 1. The molecule has 0 spiro atoms. The Labute approximate surface area is 164 Å². The first-order valence-corrected chi connectivity index (χ1v) is 8.54. The predicted molar refractivity (Wildman–Crippen MR) is 105 cm³/mol. The molecule has 2 aromatic heterocycles. The summed E-state index contributed by atoms with van der Waals surface area (Å²) in [6.07, 6.45) is 3.21. The first-order chi connectivity index (χ1) is 13.9. The topological polar surface area (TPSA) is 129 Å². The van der Waals surface area contributed by atoms with Gasteiger partial charge in [-0.05, 0) is 31.2 Å². The lowest BCUT2D eigenvalue weighted by atomic mass is 10.2. The normalized spacial score (nSPS) is 11.5. The maximum absolute atomic E-state index is 12.7. The molecule has 1 atom stereocenters. The SMILES string of the molecule is COc1ccc([N+](=O)[O-])cc1NC(=O)C(C)n1nc(-c2cccnc2)ccc1=O. The number of nitro benzene ring substituents is 1. The van der Waals surface area contributed by atoms with E-state index in [2.05, 4.69) is 15.4 Å². The number of carbonyl (C=O) groups excluding carboxylic acids is 1. The van der Waals surface area contributed by atoms with Crippen LogP contribution in [0.1, 0.15) is 13.0 Å². The number of nitrogens with zero attached hydrogens (tertiary/aromatic N) is 4. The van der Waals surface area contributed by atoms with Gasteiger partial charge < -0.3 is 10.1 Å². The Balaban J connectivity index is 1.90. The largest absolute Gasteiger partial charge is 0.495 e. The number of anilines is 1. The minimum absolute atomic E-state index is 0.120. The maximum Gasteiger partial charge on any atom is 0.271 e. The number of hydrogen-bond acceptors (Lipinski definition) is 7. The van der Waals surface area contributed by atoms with E-state index < -0.39 is 22.4 Å². The van der Waals surface area contributed by atoms with Crippen LogP contribution in [0.3, 0.4) is 0 Å². The van der Waals surface area contributed by atoms with Gasteiger partial charge in [0.25, 0.3) is 11.2 Å². The number of methoxy groups -OCH3 is 1. The van der Waals surface area contributed by atoms with Crippen molar-refractivity contribution in [1.29, 1.82) is 0 Å². The summed E-state index contributed by atoms with van der Waals surface area (Å²) in [6.45, 7) is 1.50. The molecule has 0 aliphatic carbocycles. The van der Waals surface area contributed by atoms with Gasteiger partial charge in [-0.1, -0.05) is 0 Å². The molecule has 29 heavy (non-hydrogen) atoms. The summed E-state index contributed by atoms with van der Waals surface area (Å²) in [7, 11) is 1.38. The van der Waals surface area contributed by atoms with Gasteiger partial charge in [-0.3, -0.25) is 24.7 Å². The van der Waals surface area contributed by atoms with E-state index in [-0.39, 0.29) is 17.1 Å². The fourth-order valence-electron chi connectivity index (χ4n) is 2.63. The Morgan fingerprint density at radius 1 is 1.28 bits per heavy atom. The molecule has 148 valence electrons. The van der Waals surface area contributed by atoms with E-state index in [4.69, 9.17) is 4.74 Å². The van der Waals surface area contributed by atoms with Crippen LogP contribution in [0.25, 0.3) is 11.3 Å². The third-order valence-electron chi connectivity index (χ3n) is 4.18. The van der Waals surface area contributed by atoms with Crippen molar-refractivity contribution in [3.63, 3.8) is 0 Å². The molecule has 0 bridgehead atoms. The molecule has 0 fully saturated rings. The monoisotopic (exact) mass is 395 g/mol. The number of aromatic nitrogens is 3. The number of amides is 1. The Hall–Kier alpha value is -4.08. The van der Waals surface area contributed by atoms with Gasteiger partial charge in [0.15, 0.2) is 0 Å². The van der Waals surface area contributed by atoms with Crippen LogP contribution in [0.15, 0.2) is 59.7 Å². The molecule has 1 amide bonds. The van der Waals surface area contributed by atoms with E-state index in [1.807, 2.05) is 0 Å². The number of rotatable bonds is 6. The van der Waals surface area contributed by atoms with Crippen molar-refractivity contribution in [2.75, 3.05) is 12.4 Å². The lowest BCUT2D eigenvalue weighted by molar-refractivity contribution is -0.384. The zero-order valence-electron chi connectivity index (χ0n) is 15.6. The van der Waals surface area contributed by atoms with Crippen molar-refractivity contribution in [1.82, 2.24) is 14.8 Å². The highest BCUT2D eigenvalue weighted by atomic mass is 16.6. The molecule has 3 aromatic rings. The van der Waals surface area contributed by atoms with Crippen molar-refractivity contribution in [2.24, 2.45) is 0 Å². The summed E-state index contributed by atoms with van der Waals surface area (Å²) in [5, 5.41) is 17.8. The number of nitro groups is 1. The van der Waals surface area contributed by atoms with Crippen LogP contribution in [0, 0.1) is 10.1 Å². The van der Waals surface area contributed by atoms with Gasteiger partial charge in [0, 0.05) is 36.2 Å². The van der Waals surface area contributed by atoms with Crippen LogP contribution in [0.4, 0.5) is 11.4 Å². The molecule has 0 aliphatic heterocycles. The highest BCUT2D eigenvalue weighted by Gasteiger charge is 2.21. The summed E-state index contributed by atoms with van der Waals surface area (Å²) >= 11 is 0. The van der Waals surface area contributed by atoms with E-state index >= 15 is 0 Å². The molecule has 1 aromatic carbocycles. The van der Waals surface area contributed by atoms with Gasteiger partial charge in [-0.2, -0.15) is 5.10 Å². The second-order valence-electron chi connectivity index (χ2n) is 6.05. The highest BCUT2D eigenvalue weighted by molar-refractivity contribution is 5.95. The van der Waals surface area contributed by atoms with Gasteiger partial charge in [0.1, 0.15) is 11.8 Å². The van der Waals surface area contributed by atoms with Crippen LogP contribution in [0.5, 0.6) is 5.75 Å². The molecule has 10 heteroatoms. The summed E-state index contributed by atoms with van der Waals surface area (Å²) in [4.78, 5) is 39.4. The molecular formula is C19H17N5O5. The standard InChI is InChI=1S/C19H17N5O5/c1-12(19(26)21-16-10-14(24(27)28)5-7-17(16)29-2)23-18(25)8-6-15(22-23)13-4-3-9-20-11-13/h3-12H,1-2H3,(H,21,26). The fraction of sp³-hybridized carbons (Fsp3) is 0.158. The zero-order valence-corrected chi connectivity index (χ0v) is 15.6. The first-order valence-electron chi connectivity index (χ1n) is 8.54. The second-order valence-corrected chi connectivity index (χ2v) is 6.05. The minimum Gasteiger partial charge on any atom is -0.495 e. The van der Waals surface area contributed by atoms with E-state index in [0.717, 1.165) is 4.68 Å². The molecular weight excluding hydrogens is 378 g/mol. The molecule has 0 radical (unpaired) electrons. The zero-order chi connectivity index (χ0) is 21.0. The Morgan fingerprint density at radius 3 is 2.72 bits per heavy atom. The van der Waals surface area contributed by atoms with Crippen molar-refractivity contribution >= 4 is 17.3 Å². The van der Waals surface area contributed by atoms with Gasteiger partial charge in [0.05, 0.1) is 23.4 Å². The van der Waals surface area contributed by atoms with E-state index in [0.29, 0.717) is 11.3 Å². The average Bonchev–Trinajstić information content (AvgIpc) is 2.74. The summed E-state index contributed by atoms with van der Waals surface area (Å²) < 4.78 is 6.18. The minimum atomic E-state index is -0.983. The molecule has 0 saturated heterocycles. The lowest BCUT2D eigenvalue weighted by Crippen LogP contribution is -2.33. The molecule has 0 aliphatic rings. The summed E-state index contributed by atoms with van der Waals surface area (Å²) in [5.41, 5.74) is 0.614. The molecule has 1 unspecified atom stereocenters. The third kappa shape index (κ3) is 4.26. The number of ether oxygens (including phenoxy) is 1. The van der Waals surface area contributed by atoms with Crippen LogP contribution in [-0.4, -0.2) is 32.7 Å². The van der Waals surface area contributed by atoms with Crippen molar-refractivity contribution < 1.29 is 14.5 Å². The van der Waals surface area contributed by atoms with E-state index in [1.54, 1.807) is 30.6 Å². The molecule has 0 saturated carbocycles. The molecule has 2 heterocycles. The first kappa shape index (κ1) is 19.7. The number of benzene rings is 1. The fourth-order valence-corrected chi connectivity index (χ4v) is 2.63. The van der Waals surface area contributed by atoms with E-state index in [1.165, 1.54) is 38.3 Å². The highest BCUT2D eigenvalue weighted by Crippen LogP contribution is 2.29. The third-order valence-corrected chi connectivity index (χ3v) is 4.18. The van der Waals surface area contributed by atoms with Crippen LogP contribution in [-0.2, 0) is 4.79 Å². The van der Waals surface area contributed by atoms with Crippen LogP contribution >= 0.6 is 0 Å². The van der Waals surface area contributed by atoms with Crippen LogP contribution < -0.4 is 15.6 Å². The smallest absolute Gasteiger partial charge is 0.271 e. The molecule has 10 nitrogen and oxygen atoms in total. The number of nitrogens with one attached hydrogen (secondary N) is 1. The van der Waals surface area contributed by atoms with E-state index in [9.17, 15) is 19.7 Å². The summed E-state index contributed by atoms with van der Waals surface area (Å²) in [6, 6.07) is 9.22. The van der Waals surface area contributed by atoms with Gasteiger partial charge in [-0.25, -0.2) is 4.68 Å². The van der Waals surface area contributed by atoms with Crippen molar-refractivity contribution in [3.05, 3.63) is 75.3 Å². The lowest BCUT2D eigenvalue weighted by Gasteiger charge is -2.16. The second kappa shape index (κ2) is 8.30. The van der Waals surface area contributed by atoms with Gasteiger partial charge in [0.2, 0.25) is 5.91 Å². The Bertz CT molecular complexity index is 1110. The van der Waals surface area contributed by atoms with Crippen LogP contribution in [0.2, 0.25) is 0 Å². The number of non-ortho nitro benzene ring substituents is 1. The Kier molecular flexibility index (Phi) is 5.63. The number of hydrogen-bond donors (Lipinski definition) is 1. The Morgan fingerprint density at radius 2 is 2.07 bits per heavy atom. The number of carbonyl (C=O) groups is 1. The average molecular weight is 395 g/mol. The maximum atomic E-state index is 12.7. The van der Waals surface area contributed by atoms with Crippen molar-refractivity contribution in [2.45, 2.75) is 13.0 Å². The van der Waals surface area contributed by atoms with Gasteiger partial charge in [-0.15, -0.1) is 0 Å².